The molecule has 5 aromatic rings. The molecule has 0 aliphatic carbocycles. The lowest BCUT2D eigenvalue weighted by Gasteiger charge is -2.12. The van der Waals surface area contributed by atoms with Gasteiger partial charge < -0.3 is 9.88 Å². The number of benzene rings is 4. The van der Waals surface area contributed by atoms with E-state index in [-0.39, 0.29) is 23.1 Å². The summed E-state index contributed by atoms with van der Waals surface area (Å²) in [5.41, 5.74) is 3.93. The molecule has 5 nitrogen and oxygen atoms in total. The Kier molecular flexibility index (Phi) is 6.63. The van der Waals surface area contributed by atoms with E-state index in [1.54, 1.807) is 47.2 Å². The highest BCUT2D eigenvalue weighted by Crippen LogP contribution is 2.30. The molecular formula is C29H23ClN2O3S. The third-order valence-electron chi connectivity index (χ3n) is 5.96. The van der Waals surface area contributed by atoms with Crippen LogP contribution in [0.4, 0.5) is 5.69 Å². The molecule has 0 saturated carbocycles. The third-order valence-corrected chi connectivity index (χ3v) is 7.92. The Balaban J connectivity index is 1.43. The van der Waals surface area contributed by atoms with Crippen LogP contribution >= 0.6 is 11.6 Å². The van der Waals surface area contributed by atoms with Crippen LogP contribution in [0, 0.1) is 0 Å². The predicted octanol–water partition coefficient (Wildman–Crippen LogP) is 6.57. The number of carbonyl (C=O) groups is 1. The highest BCUT2D eigenvalue weighted by molar-refractivity contribution is 7.90. The van der Waals surface area contributed by atoms with Gasteiger partial charge >= 0.3 is 0 Å². The summed E-state index contributed by atoms with van der Waals surface area (Å²) in [6, 6.07) is 31.4. The number of aromatic nitrogens is 1. The molecule has 180 valence electrons. The second-order valence-electron chi connectivity index (χ2n) is 8.48. The van der Waals surface area contributed by atoms with Crippen molar-refractivity contribution in [3.8, 4) is 11.1 Å². The van der Waals surface area contributed by atoms with Crippen molar-refractivity contribution in [1.82, 2.24) is 4.57 Å². The summed E-state index contributed by atoms with van der Waals surface area (Å²) in [6.45, 7) is -0.0277. The summed E-state index contributed by atoms with van der Waals surface area (Å²) in [7, 11) is -3.66. The molecule has 0 spiro atoms. The number of hydrogen-bond donors (Lipinski definition) is 1. The molecule has 1 heterocycles. The highest BCUT2D eigenvalue weighted by Gasteiger charge is 2.22. The number of sulfone groups is 1. The van der Waals surface area contributed by atoms with Crippen LogP contribution in [0.3, 0.4) is 0 Å². The highest BCUT2D eigenvalue weighted by atomic mass is 35.5. The molecule has 0 unspecified atom stereocenters. The minimum Gasteiger partial charge on any atom is -0.337 e. The standard InChI is InChI=1S/C29H23ClN2O3S/c30-23-16-14-21(15-17-23)20-36(34,35)28-18-32(27-13-7-5-11-25(27)28)19-29(33)31-26-12-6-4-10-24(26)22-8-2-1-3-9-22/h1-18H,19-20H2,(H,31,33). The van der Waals surface area contributed by atoms with E-state index < -0.39 is 9.84 Å². The summed E-state index contributed by atoms with van der Waals surface area (Å²) in [5.74, 6) is -0.407. The number of anilines is 1. The maximum absolute atomic E-state index is 13.3. The van der Waals surface area contributed by atoms with E-state index in [2.05, 4.69) is 5.32 Å². The smallest absolute Gasteiger partial charge is 0.244 e. The minimum atomic E-state index is -3.66. The Morgan fingerprint density at radius 2 is 1.47 bits per heavy atom. The van der Waals surface area contributed by atoms with Gasteiger partial charge in [0, 0.05) is 33.4 Å². The fourth-order valence-electron chi connectivity index (χ4n) is 4.28. The molecular weight excluding hydrogens is 492 g/mol. The zero-order valence-electron chi connectivity index (χ0n) is 19.3. The van der Waals surface area contributed by atoms with Crippen LogP contribution in [0.25, 0.3) is 22.0 Å². The first-order valence-electron chi connectivity index (χ1n) is 11.4. The van der Waals surface area contributed by atoms with E-state index in [4.69, 9.17) is 11.6 Å². The first-order chi connectivity index (χ1) is 17.4. The molecule has 0 saturated heterocycles. The van der Waals surface area contributed by atoms with Gasteiger partial charge in [-0.15, -0.1) is 0 Å². The maximum Gasteiger partial charge on any atom is 0.244 e. The van der Waals surface area contributed by atoms with Gasteiger partial charge in [-0.2, -0.15) is 0 Å². The summed E-state index contributed by atoms with van der Waals surface area (Å²) in [6.07, 6.45) is 1.55. The average Bonchev–Trinajstić information content (AvgIpc) is 3.25. The van der Waals surface area contributed by atoms with Crippen LogP contribution in [0.5, 0.6) is 0 Å². The Bertz CT molecular complexity index is 1640. The number of rotatable bonds is 7. The Labute approximate surface area is 214 Å². The van der Waals surface area contributed by atoms with Crippen molar-refractivity contribution in [2.45, 2.75) is 17.2 Å². The number of nitrogens with zero attached hydrogens (tertiary/aromatic N) is 1. The number of hydrogen-bond acceptors (Lipinski definition) is 3. The SMILES string of the molecule is O=C(Cn1cc(S(=O)(=O)Cc2ccc(Cl)cc2)c2ccccc21)Nc1ccccc1-c1ccccc1. The molecule has 0 bridgehead atoms. The van der Waals surface area contributed by atoms with Gasteiger partial charge in [0.2, 0.25) is 5.91 Å². The Hall–Kier alpha value is -3.87. The molecule has 7 heteroatoms. The maximum atomic E-state index is 13.3. The Morgan fingerprint density at radius 3 is 2.25 bits per heavy atom. The molecule has 5 rings (SSSR count). The normalized spacial score (nSPS) is 11.5. The lowest BCUT2D eigenvalue weighted by molar-refractivity contribution is -0.116. The molecule has 0 fully saturated rings. The van der Waals surface area contributed by atoms with Gasteiger partial charge in [-0.25, -0.2) is 8.42 Å². The minimum absolute atomic E-state index is 0.0277. The van der Waals surface area contributed by atoms with Crippen LogP contribution in [-0.4, -0.2) is 18.9 Å². The first kappa shape index (κ1) is 23.9. The van der Waals surface area contributed by atoms with Crippen molar-refractivity contribution in [1.29, 1.82) is 0 Å². The topological polar surface area (TPSA) is 68.2 Å². The van der Waals surface area contributed by atoms with E-state index in [9.17, 15) is 13.2 Å². The van der Waals surface area contributed by atoms with Crippen LogP contribution in [0.1, 0.15) is 5.56 Å². The van der Waals surface area contributed by atoms with Crippen molar-refractivity contribution in [2.24, 2.45) is 0 Å². The second-order valence-corrected chi connectivity index (χ2v) is 10.9. The molecule has 0 atom stereocenters. The number of carbonyl (C=O) groups excluding carboxylic acids is 1. The molecule has 0 aliphatic heterocycles. The van der Waals surface area contributed by atoms with Gasteiger partial charge in [0.1, 0.15) is 6.54 Å². The zero-order valence-corrected chi connectivity index (χ0v) is 20.8. The lowest BCUT2D eigenvalue weighted by atomic mass is 10.0. The quantitative estimate of drug-likeness (QED) is 0.267. The monoisotopic (exact) mass is 514 g/mol. The van der Waals surface area contributed by atoms with Gasteiger partial charge in [0.05, 0.1) is 10.6 Å². The number of halogens is 1. The molecule has 36 heavy (non-hydrogen) atoms. The van der Waals surface area contributed by atoms with Crippen molar-refractivity contribution in [3.05, 3.63) is 120 Å². The summed E-state index contributed by atoms with van der Waals surface area (Å²) >= 11 is 5.94. The summed E-state index contributed by atoms with van der Waals surface area (Å²) < 4.78 is 28.4. The third kappa shape index (κ3) is 5.05. The van der Waals surface area contributed by atoms with Crippen molar-refractivity contribution in [2.75, 3.05) is 5.32 Å². The zero-order chi connectivity index (χ0) is 25.1. The van der Waals surface area contributed by atoms with Crippen molar-refractivity contribution in [3.63, 3.8) is 0 Å². The lowest BCUT2D eigenvalue weighted by Crippen LogP contribution is -2.18. The van der Waals surface area contributed by atoms with Gasteiger partial charge in [0.15, 0.2) is 9.84 Å². The number of fused-ring (bicyclic) bond motifs is 1. The largest absolute Gasteiger partial charge is 0.337 e. The van der Waals surface area contributed by atoms with E-state index in [1.807, 2.05) is 66.7 Å². The van der Waals surface area contributed by atoms with E-state index >= 15 is 0 Å². The van der Waals surface area contributed by atoms with Gasteiger partial charge in [0.25, 0.3) is 0 Å². The van der Waals surface area contributed by atoms with Crippen molar-refractivity contribution >= 4 is 43.9 Å². The number of amides is 1. The molecule has 1 amide bonds. The summed E-state index contributed by atoms with van der Waals surface area (Å²) in [5, 5.41) is 4.13. The molecule has 0 radical (unpaired) electrons. The van der Waals surface area contributed by atoms with E-state index in [1.165, 1.54) is 0 Å². The predicted molar refractivity (Wildman–Crippen MR) is 145 cm³/mol. The van der Waals surface area contributed by atoms with Crippen LogP contribution in [0.2, 0.25) is 5.02 Å². The fraction of sp³-hybridized carbons (Fsp3) is 0.0690. The fourth-order valence-corrected chi connectivity index (χ4v) is 5.98. The van der Waals surface area contributed by atoms with Crippen LogP contribution in [-0.2, 0) is 26.9 Å². The summed E-state index contributed by atoms with van der Waals surface area (Å²) in [4.78, 5) is 13.3. The Morgan fingerprint density at radius 1 is 0.806 bits per heavy atom. The van der Waals surface area contributed by atoms with E-state index in [0.717, 1.165) is 11.1 Å². The second kappa shape index (κ2) is 10.0. The number of nitrogens with one attached hydrogen (secondary N) is 1. The van der Waals surface area contributed by atoms with Crippen LogP contribution in [0.15, 0.2) is 114 Å². The van der Waals surface area contributed by atoms with Gasteiger partial charge in [-0.3, -0.25) is 4.79 Å². The molecule has 1 aromatic heterocycles. The molecule has 0 aliphatic rings. The van der Waals surface area contributed by atoms with E-state index in [0.29, 0.717) is 27.2 Å². The van der Waals surface area contributed by atoms with Gasteiger partial charge in [-0.1, -0.05) is 90.5 Å². The first-order valence-corrected chi connectivity index (χ1v) is 13.4. The van der Waals surface area contributed by atoms with Crippen molar-refractivity contribution < 1.29 is 13.2 Å². The number of para-hydroxylation sites is 2. The van der Waals surface area contributed by atoms with Gasteiger partial charge in [-0.05, 0) is 35.4 Å². The average molecular weight is 515 g/mol. The van der Waals surface area contributed by atoms with Crippen LogP contribution < -0.4 is 5.32 Å². The molecule has 1 N–H and O–H groups in total. The molecule has 4 aromatic carbocycles.